The molecule has 0 N–H and O–H groups in total. The van der Waals surface area contributed by atoms with Crippen molar-refractivity contribution >= 4 is 14.5 Å². The minimum absolute atomic E-state index is 0.607. The van der Waals surface area contributed by atoms with Crippen molar-refractivity contribution in [2.75, 3.05) is 0 Å². The first-order chi connectivity index (χ1) is 7.65. The third-order valence-corrected chi connectivity index (χ3v) is 4.53. The number of pyridine rings is 1. The van der Waals surface area contributed by atoms with E-state index in [9.17, 15) is 0 Å². The molecule has 2 heteroatoms. The summed E-state index contributed by atoms with van der Waals surface area (Å²) in [5.74, 6) is 0.607. The molecule has 0 amide bonds. The van der Waals surface area contributed by atoms with Crippen LogP contribution >= 0.6 is 9.24 Å². The summed E-state index contributed by atoms with van der Waals surface area (Å²) in [5.41, 5.74) is 5.63. The average molecular weight is 235 g/mol. The Hall–Kier alpha value is -0.420. The van der Waals surface area contributed by atoms with Gasteiger partial charge in [0.15, 0.2) is 0 Å². The first-order valence-electron chi connectivity index (χ1n) is 6.42. The second-order valence-corrected chi connectivity index (χ2v) is 5.58. The van der Waals surface area contributed by atoms with E-state index in [1.807, 2.05) is 0 Å². The molecule has 0 bridgehead atoms. The van der Waals surface area contributed by atoms with Gasteiger partial charge in [-0.1, -0.05) is 20.3 Å². The standard InChI is InChI=1S/C14H22NP/c1-4-6-9(2)13-10(3)14(16)11-7-5-8-12(11)15-13/h9H,4-8,16H2,1-3H3. The van der Waals surface area contributed by atoms with E-state index in [0.29, 0.717) is 5.92 Å². The van der Waals surface area contributed by atoms with Crippen LogP contribution in [0.3, 0.4) is 0 Å². The van der Waals surface area contributed by atoms with Crippen LogP contribution in [0.1, 0.15) is 61.5 Å². The molecule has 1 aromatic heterocycles. The molecule has 0 radical (unpaired) electrons. The van der Waals surface area contributed by atoms with Gasteiger partial charge < -0.3 is 0 Å². The second kappa shape index (κ2) is 4.84. The van der Waals surface area contributed by atoms with Gasteiger partial charge in [0.05, 0.1) is 0 Å². The molecule has 1 aliphatic carbocycles. The van der Waals surface area contributed by atoms with Gasteiger partial charge >= 0.3 is 0 Å². The van der Waals surface area contributed by atoms with E-state index in [4.69, 9.17) is 4.98 Å². The highest BCUT2D eigenvalue weighted by molar-refractivity contribution is 7.27. The Morgan fingerprint density at radius 2 is 2.12 bits per heavy atom. The molecule has 0 aliphatic heterocycles. The molecule has 1 heterocycles. The van der Waals surface area contributed by atoms with Crippen molar-refractivity contribution in [3.63, 3.8) is 0 Å². The predicted molar refractivity (Wildman–Crippen MR) is 73.7 cm³/mol. The van der Waals surface area contributed by atoms with E-state index >= 15 is 0 Å². The Balaban J connectivity index is 2.43. The summed E-state index contributed by atoms with van der Waals surface area (Å²) in [6.07, 6.45) is 6.18. The van der Waals surface area contributed by atoms with Crippen LogP contribution in [0.4, 0.5) is 0 Å². The van der Waals surface area contributed by atoms with Crippen LogP contribution in [0.5, 0.6) is 0 Å². The van der Waals surface area contributed by atoms with Gasteiger partial charge in [-0.3, -0.25) is 4.98 Å². The zero-order valence-corrected chi connectivity index (χ0v) is 11.8. The average Bonchev–Trinajstić information content (AvgIpc) is 2.71. The highest BCUT2D eigenvalue weighted by atomic mass is 31.0. The number of hydrogen-bond acceptors (Lipinski definition) is 1. The summed E-state index contributed by atoms with van der Waals surface area (Å²) < 4.78 is 0. The normalized spacial score (nSPS) is 16.2. The fourth-order valence-electron chi connectivity index (χ4n) is 2.78. The van der Waals surface area contributed by atoms with Crippen molar-refractivity contribution in [2.24, 2.45) is 0 Å². The lowest BCUT2D eigenvalue weighted by atomic mass is 9.96. The highest BCUT2D eigenvalue weighted by Crippen LogP contribution is 2.28. The van der Waals surface area contributed by atoms with Gasteiger partial charge in [-0.2, -0.15) is 0 Å². The zero-order valence-electron chi connectivity index (χ0n) is 10.6. The Kier molecular flexibility index (Phi) is 3.64. The first-order valence-corrected chi connectivity index (χ1v) is 7.00. The monoisotopic (exact) mass is 235 g/mol. The van der Waals surface area contributed by atoms with Crippen LogP contribution in [-0.4, -0.2) is 4.98 Å². The summed E-state index contributed by atoms with van der Waals surface area (Å²) in [6.45, 7) is 6.79. The smallest absolute Gasteiger partial charge is 0.0470 e. The van der Waals surface area contributed by atoms with Gasteiger partial charge in [-0.15, -0.1) is 9.24 Å². The minimum Gasteiger partial charge on any atom is -0.257 e. The van der Waals surface area contributed by atoms with Crippen LogP contribution in [-0.2, 0) is 12.8 Å². The SMILES string of the molecule is CCCC(C)c1nc2c(c(P)c1C)CCC2. The fourth-order valence-corrected chi connectivity index (χ4v) is 3.24. The zero-order chi connectivity index (χ0) is 11.7. The predicted octanol–water partition coefficient (Wildman–Crippen LogP) is 3.28. The molecule has 2 atom stereocenters. The second-order valence-electron chi connectivity index (χ2n) is 5.00. The molecular formula is C14H22NP. The lowest BCUT2D eigenvalue weighted by molar-refractivity contribution is 0.641. The van der Waals surface area contributed by atoms with E-state index in [-0.39, 0.29) is 0 Å². The Morgan fingerprint density at radius 1 is 1.38 bits per heavy atom. The number of aryl methyl sites for hydroxylation is 1. The molecule has 0 spiro atoms. The molecular weight excluding hydrogens is 213 g/mol. The van der Waals surface area contributed by atoms with E-state index < -0.39 is 0 Å². The van der Waals surface area contributed by atoms with Crippen LogP contribution in [0.2, 0.25) is 0 Å². The lowest BCUT2D eigenvalue weighted by Crippen LogP contribution is -2.14. The largest absolute Gasteiger partial charge is 0.257 e. The third-order valence-electron chi connectivity index (χ3n) is 3.75. The van der Waals surface area contributed by atoms with Gasteiger partial charge in [0, 0.05) is 11.4 Å². The highest BCUT2D eigenvalue weighted by Gasteiger charge is 2.20. The summed E-state index contributed by atoms with van der Waals surface area (Å²) >= 11 is 0. The van der Waals surface area contributed by atoms with Gasteiger partial charge in [-0.05, 0) is 55.0 Å². The maximum atomic E-state index is 4.92. The molecule has 0 aromatic carbocycles. The van der Waals surface area contributed by atoms with Crippen molar-refractivity contribution in [3.8, 4) is 0 Å². The molecule has 2 unspecified atom stereocenters. The van der Waals surface area contributed by atoms with Crippen LogP contribution < -0.4 is 5.30 Å². The molecule has 2 rings (SSSR count). The number of fused-ring (bicyclic) bond motifs is 1. The van der Waals surface area contributed by atoms with Crippen LogP contribution in [0.15, 0.2) is 0 Å². The summed E-state index contributed by atoms with van der Waals surface area (Å²) in [5, 5.41) is 1.43. The Labute approximate surface area is 101 Å². The summed E-state index contributed by atoms with van der Waals surface area (Å²) in [4.78, 5) is 4.92. The number of nitrogens with zero attached hydrogens (tertiary/aromatic N) is 1. The molecule has 0 fully saturated rings. The quantitative estimate of drug-likeness (QED) is 0.733. The summed E-state index contributed by atoms with van der Waals surface area (Å²) in [7, 11) is 2.94. The Bertz CT molecular complexity index is 398. The third kappa shape index (κ3) is 2.02. The Morgan fingerprint density at radius 3 is 2.81 bits per heavy atom. The molecule has 88 valence electrons. The van der Waals surface area contributed by atoms with Gasteiger partial charge in [0.25, 0.3) is 0 Å². The molecule has 0 saturated carbocycles. The maximum absolute atomic E-state index is 4.92. The molecule has 1 nitrogen and oxygen atoms in total. The van der Waals surface area contributed by atoms with Gasteiger partial charge in [0.1, 0.15) is 0 Å². The minimum atomic E-state index is 0.607. The van der Waals surface area contributed by atoms with Crippen molar-refractivity contribution in [2.45, 2.75) is 58.8 Å². The summed E-state index contributed by atoms with van der Waals surface area (Å²) in [6, 6.07) is 0. The van der Waals surface area contributed by atoms with Crippen molar-refractivity contribution in [3.05, 3.63) is 22.5 Å². The molecule has 16 heavy (non-hydrogen) atoms. The van der Waals surface area contributed by atoms with E-state index in [2.05, 4.69) is 30.0 Å². The van der Waals surface area contributed by atoms with E-state index in [1.165, 1.54) is 59.9 Å². The van der Waals surface area contributed by atoms with E-state index in [1.54, 1.807) is 0 Å². The van der Waals surface area contributed by atoms with Crippen molar-refractivity contribution in [1.82, 2.24) is 4.98 Å². The molecule has 1 aliphatic rings. The van der Waals surface area contributed by atoms with Crippen LogP contribution in [0, 0.1) is 6.92 Å². The molecule has 1 aromatic rings. The fraction of sp³-hybridized carbons (Fsp3) is 0.643. The number of hydrogen-bond donors (Lipinski definition) is 0. The van der Waals surface area contributed by atoms with Gasteiger partial charge in [0.2, 0.25) is 0 Å². The number of aromatic nitrogens is 1. The maximum Gasteiger partial charge on any atom is 0.0470 e. The molecule has 0 saturated heterocycles. The van der Waals surface area contributed by atoms with Crippen molar-refractivity contribution < 1.29 is 0 Å². The topological polar surface area (TPSA) is 12.9 Å². The van der Waals surface area contributed by atoms with Crippen LogP contribution in [0.25, 0.3) is 0 Å². The van der Waals surface area contributed by atoms with Gasteiger partial charge in [-0.25, -0.2) is 0 Å². The first kappa shape index (κ1) is 12.0. The number of rotatable bonds is 3. The lowest BCUT2D eigenvalue weighted by Gasteiger charge is -2.17. The van der Waals surface area contributed by atoms with E-state index in [0.717, 1.165) is 0 Å². The van der Waals surface area contributed by atoms with Crippen molar-refractivity contribution in [1.29, 1.82) is 0 Å².